The van der Waals surface area contributed by atoms with Crippen molar-refractivity contribution in [3.63, 3.8) is 0 Å². The lowest BCUT2D eigenvalue weighted by molar-refractivity contribution is 0.413. The number of aromatic nitrogens is 2. The molecule has 0 aliphatic heterocycles. The third-order valence-corrected chi connectivity index (χ3v) is 3.35. The molecule has 0 spiro atoms. The Balaban J connectivity index is 2.65. The SMILES string of the molecule is CCC#Cc1cn(C(C)CC)c2ncc(OC)cc12. The average molecular weight is 256 g/mol. The van der Waals surface area contributed by atoms with Gasteiger partial charge < -0.3 is 9.30 Å². The van der Waals surface area contributed by atoms with E-state index in [2.05, 4.69) is 48.4 Å². The van der Waals surface area contributed by atoms with Crippen LogP contribution in [0.2, 0.25) is 0 Å². The third-order valence-electron chi connectivity index (χ3n) is 3.35. The summed E-state index contributed by atoms with van der Waals surface area (Å²) in [5.41, 5.74) is 2.01. The highest BCUT2D eigenvalue weighted by molar-refractivity contribution is 5.85. The van der Waals surface area contributed by atoms with E-state index >= 15 is 0 Å². The van der Waals surface area contributed by atoms with Crippen LogP contribution in [0, 0.1) is 11.8 Å². The van der Waals surface area contributed by atoms with Crippen LogP contribution in [0.3, 0.4) is 0 Å². The van der Waals surface area contributed by atoms with Crippen molar-refractivity contribution in [1.29, 1.82) is 0 Å². The molecular formula is C16H20N2O. The number of pyridine rings is 1. The Morgan fingerprint density at radius 2 is 2.21 bits per heavy atom. The first-order chi connectivity index (χ1) is 9.21. The standard InChI is InChI=1S/C16H20N2O/c1-5-7-8-13-11-18(12(3)6-2)16-15(13)9-14(19-4)10-17-16/h9-12H,5-6H2,1-4H3. The Hall–Kier alpha value is -1.95. The molecule has 100 valence electrons. The van der Waals surface area contributed by atoms with Crippen LogP contribution in [0.1, 0.15) is 45.2 Å². The van der Waals surface area contributed by atoms with Gasteiger partial charge >= 0.3 is 0 Å². The van der Waals surface area contributed by atoms with Gasteiger partial charge in [0.25, 0.3) is 0 Å². The minimum atomic E-state index is 0.417. The first-order valence-electron chi connectivity index (χ1n) is 6.74. The highest BCUT2D eigenvalue weighted by Gasteiger charge is 2.12. The van der Waals surface area contributed by atoms with Gasteiger partial charge in [0.1, 0.15) is 11.4 Å². The molecule has 2 rings (SSSR count). The van der Waals surface area contributed by atoms with Gasteiger partial charge in [0.05, 0.1) is 18.9 Å². The minimum absolute atomic E-state index is 0.417. The zero-order valence-electron chi connectivity index (χ0n) is 12.0. The van der Waals surface area contributed by atoms with Gasteiger partial charge in [0.2, 0.25) is 0 Å². The number of hydrogen-bond acceptors (Lipinski definition) is 2. The molecule has 0 aliphatic carbocycles. The van der Waals surface area contributed by atoms with Gasteiger partial charge in [-0.25, -0.2) is 4.98 Å². The quantitative estimate of drug-likeness (QED) is 0.781. The molecule has 1 atom stereocenters. The van der Waals surface area contributed by atoms with E-state index in [1.807, 2.05) is 6.07 Å². The van der Waals surface area contributed by atoms with E-state index in [9.17, 15) is 0 Å². The summed E-state index contributed by atoms with van der Waals surface area (Å²) >= 11 is 0. The maximum absolute atomic E-state index is 5.26. The maximum Gasteiger partial charge on any atom is 0.141 e. The summed E-state index contributed by atoms with van der Waals surface area (Å²) in [5.74, 6) is 7.13. The number of hydrogen-bond donors (Lipinski definition) is 0. The zero-order chi connectivity index (χ0) is 13.8. The Morgan fingerprint density at radius 3 is 2.84 bits per heavy atom. The van der Waals surface area contributed by atoms with Crippen LogP contribution in [0.5, 0.6) is 5.75 Å². The molecule has 1 unspecified atom stereocenters. The van der Waals surface area contributed by atoms with Crippen molar-refractivity contribution in [2.75, 3.05) is 7.11 Å². The Morgan fingerprint density at radius 1 is 1.42 bits per heavy atom. The van der Waals surface area contributed by atoms with Crippen LogP contribution in [0.4, 0.5) is 0 Å². The summed E-state index contributed by atoms with van der Waals surface area (Å²) < 4.78 is 7.46. The zero-order valence-corrected chi connectivity index (χ0v) is 12.0. The lowest BCUT2D eigenvalue weighted by Crippen LogP contribution is -2.02. The summed E-state index contributed by atoms with van der Waals surface area (Å²) in [6.45, 7) is 6.43. The third kappa shape index (κ3) is 2.58. The van der Waals surface area contributed by atoms with Crippen molar-refractivity contribution in [2.24, 2.45) is 0 Å². The largest absolute Gasteiger partial charge is 0.495 e. The predicted octanol–water partition coefficient (Wildman–Crippen LogP) is 3.78. The van der Waals surface area contributed by atoms with Gasteiger partial charge in [-0.05, 0) is 19.4 Å². The number of rotatable bonds is 3. The Labute approximate surface area is 114 Å². The van der Waals surface area contributed by atoms with Gasteiger partial charge in [-0.3, -0.25) is 0 Å². The molecule has 0 aliphatic rings. The number of fused-ring (bicyclic) bond motifs is 1. The molecular weight excluding hydrogens is 236 g/mol. The molecule has 2 heterocycles. The first-order valence-corrected chi connectivity index (χ1v) is 6.74. The fourth-order valence-corrected chi connectivity index (χ4v) is 2.04. The van der Waals surface area contributed by atoms with E-state index < -0.39 is 0 Å². The van der Waals surface area contributed by atoms with Gasteiger partial charge in [0, 0.05) is 24.0 Å². The maximum atomic E-state index is 5.26. The van der Waals surface area contributed by atoms with Crippen LogP contribution in [0.25, 0.3) is 11.0 Å². The molecule has 0 aromatic carbocycles. The molecule has 0 amide bonds. The summed E-state index contributed by atoms with van der Waals surface area (Å²) in [5, 5.41) is 1.07. The molecule has 19 heavy (non-hydrogen) atoms. The average Bonchev–Trinajstić information content (AvgIpc) is 2.82. The van der Waals surface area contributed by atoms with Crippen LogP contribution >= 0.6 is 0 Å². The van der Waals surface area contributed by atoms with E-state index in [-0.39, 0.29) is 0 Å². The van der Waals surface area contributed by atoms with Gasteiger partial charge in [-0.15, -0.1) is 0 Å². The van der Waals surface area contributed by atoms with Crippen LogP contribution in [-0.4, -0.2) is 16.7 Å². The van der Waals surface area contributed by atoms with Gasteiger partial charge in [-0.1, -0.05) is 25.7 Å². The van der Waals surface area contributed by atoms with E-state index in [1.54, 1.807) is 13.3 Å². The molecule has 2 aromatic heterocycles. The van der Waals surface area contributed by atoms with Gasteiger partial charge in [-0.2, -0.15) is 0 Å². The molecule has 0 saturated carbocycles. The van der Waals surface area contributed by atoms with E-state index in [1.165, 1.54) is 0 Å². The normalized spacial score (nSPS) is 12.0. The second-order valence-corrected chi connectivity index (χ2v) is 4.61. The van der Waals surface area contributed by atoms with Crippen molar-refractivity contribution in [1.82, 2.24) is 9.55 Å². The molecule has 3 heteroatoms. The van der Waals surface area contributed by atoms with Crippen molar-refractivity contribution in [2.45, 2.75) is 39.7 Å². The fraction of sp³-hybridized carbons (Fsp3) is 0.438. The van der Waals surface area contributed by atoms with Crippen molar-refractivity contribution < 1.29 is 4.74 Å². The topological polar surface area (TPSA) is 27.1 Å². The molecule has 0 fully saturated rings. The Kier molecular flexibility index (Phi) is 4.11. The summed E-state index contributed by atoms with van der Waals surface area (Å²) in [7, 11) is 1.66. The van der Waals surface area contributed by atoms with E-state index in [4.69, 9.17) is 4.74 Å². The highest BCUT2D eigenvalue weighted by Crippen LogP contribution is 2.26. The van der Waals surface area contributed by atoms with Crippen molar-refractivity contribution in [3.05, 3.63) is 24.0 Å². The molecule has 2 aromatic rings. The van der Waals surface area contributed by atoms with Crippen molar-refractivity contribution >= 4 is 11.0 Å². The summed E-state index contributed by atoms with van der Waals surface area (Å²) in [6, 6.07) is 2.43. The first kappa shape index (κ1) is 13.5. The molecule has 0 saturated heterocycles. The number of nitrogens with zero attached hydrogens (tertiary/aromatic N) is 2. The summed E-state index contributed by atoms with van der Waals surface area (Å²) in [6.07, 6.45) is 5.79. The highest BCUT2D eigenvalue weighted by atomic mass is 16.5. The monoisotopic (exact) mass is 256 g/mol. The number of methoxy groups -OCH3 is 1. The lowest BCUT2D eigenvalue weighted by Gasteiger charge is -2.11. The minimum Gasteiger partial charge on any atom is -0.495 e. The Bertz CT molecular complexity index is 631. The molecule has 3 nitrogen and oxygen atoms in total. The summed E-state index contributed by atoms with van der Waals surface area (Å²) in [4.78, 5) is 4.52. The second kappa shape index (κ2) is 5.79. The van der Waals surface area contributed by atoms with Crippen molar-refractivity contribution in [3.8, 4) is 17.6 Å². The fourth-order valence-electron chi connectivity index (χ4n) is 2.04. The molecule has 0 radical (unpaired) electrons. The van der Waals surface area contributed by atoms with Gasteiger partial charge in [0.15, 0.2) is 0 Å². The molecule has 0 bridgehead atoms. The van der Waals surface area contributed by atoms with Crippen LogP contribution in [0.15, 0.2) is 18.5 Å². The van der Waals surface area contributed by atoms with E-state index in [0.29, 0.717) is 6.04 Å². The smallest absolute Gasteiger partial charge is 0.141 e. The lowest BCUT2D eigenvalue weighted by atomic mass is 10.2. The number of ether oxygens (including phenoxy) is 1. The van der Waals surface area contributed by atoms with Crippen LogP contribution < -0.4 is 4.74 Å². The predicted molar refractivity (Wildman–Crippen MR) is 78.5 cm³/mol. The second-order valence-electron chi connectivity index (χ2n) is 4.61. The van der Waals surface area contributed by atoms with Crippen LogP contribution in [-0.2, 0) is 0 Å². The van der Waals surface area contributed by atoms with E-state index in [0.717, 1.165) is 35.2 Å². The molecule has 0 N–H and O–H groups in total.